The van der Waals surface area contributed by atoms with Crippen LogP contribution in [0.25, 0.3) is 6.08 Å². The van der Waals surface area contributed by atoms with Gasteiger partial charge in [0.2, 0.25) is 0 Å². The number of halogens is 1. The molecule has 0 saturated carbocycles. The molecule has 0 unspecified atom stereocenters. The van der Waals surface area contributed by atoms with Crippen LogP contribution in [0.5, 0.6) is 5.75 Å². The van der Waals surface area contributed by atoms with E-state index in [9.17, 15) is 5.11 Å². The molecule has 1 aliphatic rings. The Morgan fingerprint density at radius 2 is 2.06 bits per heavy atom. The largest absolute Gasteiger partial charge is 0.496 e. The summed E-state index contributed by atoms with van der Waals surface area (Å²) in [6.07, 6.45) is 2.62. The van der Waals surface area contributed by atoms with E-state index < -0.39 is 6.10 Å². The Labute approximate surface area is 99.3 Å². The van der Waals surface area contributed by atoms with Crippen LogP contribution in [-0.2, 0) is 4.74 Å². The highest BCUT2D eigenvalue weighted by Gasteiger charge is 2.27. The van der Waals surface area contributed by atoms with E-state index in [0.717, 1.165) is 11.1 Å². The Kier molecular flexibility index (Phi) is 3.19. The SMILES string of the molecule is COc1cc(Cl)cc2c1[C@@H](O)[C@H](OC)C=C2. The summed E-state index contributed by atoms with van der Waals surface area (Å²) in [5.74, 6) is 0.585. The van der Waals surface area contributed by atoms with Gasteiger partial charge >= 0.3 is 0 Å². The fraction of sp³-hybridized carbons (Fsp3) is 0.333. The maximum absolute atomic E-state index is 10.1. The molecule has 4 heteroatoms. The second-order valence-electron chi connectivity index (χ2n) is 3.62. The third kappa shape index (κ3) is 1.82. The minimum Gasteiger partial charge on any atom is -0.496 e. The number of ether oxygens (including phenoxy) is 2. The zero-order valence-corrected chi connectivity index (χ0v) is 9.86. The van der Waals surface area contributed by atoms with Gasteiger partial charge < -0.3 is 14.6 Å². The molecule has 16 heavy (non-hydrogen) atoms. The van der Waals surface area contributed by atoms with Crippen molar-refractivity contribution in [2.75, 3.05) is 14.2 Å². The average molecular weight is 241 g/mol. The van der Waals surface area contributed by atoms with Crippen molar-refractivity contribution in [1.29, 1.82) is 0 Å². The normalized spacial score (nSPS) is 23.0. The van der Waals surface area contributed by atoms with Crippen LogP contribution in [0.3, 0.4) is 0 Å². The molecule has 0 fully saturated rings. The molecule has 0 amide bonds. The summed E-state index contributed by atoms with van der Waals surface area (Å²) < 4.78 is 10.4. The lowest BCUT2D eigenvalue weighted by Crippen LogP contribution is -2.22. The number of hydrogen-bond donors (Lipinski definition) is 1. The predicted molar refractivity (Wildman–Crippen MR) is 62.8 cm³/mol. The molecule has 0 heterocycles. The molecule has 0 aromatic heterocycles. The van der Waals surface area contributed by atoms with Gasteiger partial charge in [0.15, 0.2) is 0 Å². The van der Waals surface area contributed by atoms with Crippen molar-refractivity contribution in [1.82, 2.24) is 0 Å². The topological polar surface area (TPSA) is 38.7 Å². The van der Waals surface area contributed by atoms with Crippen molar-refractivity contribution in [2.45, 2.75) is 12.2 Å². The van der Waals surface area contributed by atoms with Crippen molar-refractivity contribution in [3.8, 4) is 5.75 Å². The summed E-state index contributed by atoms with van der Waals surface area (Å²) in [6.45, 7) is 0. The van der Waals surface area contributed by atoms with Crippen LogP contribution < -0.4 is 4.74 Å². The number of aliphatic hydroxyl groups excluding tert-OH is 1. The molecule has 0 spiro atoms. The summed E-state index contributed by atoms with van der Waals surface area (Å²) >= 11 is 5.95. The first-order chi connectivity index (χ1) is 7.67. The van der Waals surface area contributed by atoms with E-state index in [0.29, 0.717) is 10.8 Å². The zero-order valence-electron chi connectivity index (χ0n) is 9.11. The zero-order chi connectivity index (χ0) is 11.7. The van der Waals surface area contributed by atoms with E-state index in [1.165, 1.54) is 0 Å². The molecule has 3 nitrogen and oxygen atoms in total. The minimum atomic E-state index is -0.725. The number of aliphatic hydroxyl groups is 1. The molecule has 86 valence electrons. The standard InChI is InChI=1S/C12H13ClO3/c1-15-9-4-3-7-5-8(13)6-10(16-2)11(7)12(9)14/h3-6,9,12,14H,1-2H3/t9-,12+/m1/s1. The molecule has 0 radical (unpaired) electrons. The summed E-state index contributed by atoms with van der Waals surface area (Å²) in [7, 11) is 3.12. The quantitative estimate of drug-likeness (QED) is 0.863. The lowest BCUT2D eigenvalue weighted by molar-refractivity contribution is 0.0138. The molecular weight excluding hydrogens is 228 g/mol. The first kappa shape index (κ1) is 11.5. The second kappa shape index (κ2) is 4.45. The van der Waals surface area contributed by atoms with Gasteiger partial charge in [-0.25, -0.2) is 0 Å². The van der Waals surface area contributed by atoms with Crippen molar-refractivity contribution in [3.63, 3.8) is 0 Å². The average Bonchev–Trinajstić information content (AvgIpc) is 2.28. The molecule has 1 aromatic rings. The monoisotopic (exact) mass is 240 g/mol. The summed E-state index contributed by atoms with van der Waals surface area (Å²) in [6, 6.07) is 3.49. The molecule has 1 aliphatic carbocycles. The Morgan fingerprint density at radius 1 is 1.31 bits per heavy atom. The number of methoxy groups -OCH3 is 2. The molecule has 1 N–H and O–H groups in total. The van der Waals surface area contributed by atoms with Gasteiger partial charge in [-0.15, -0.1) is 0 Å². The Hall–Kier alpha value is -1.03. The smallest absolute Gasteiger partial charge is 0.126 e. The van der Waals surface area contributed by atoms with E-state index in [1.54, 1.807) is 26.4 Å². The molecular formula is C12H13ClO3. The van der Waals surface area contributed by atoms with E-state index in [1.807, 2.05) is 12.2 Å². The maximum Gasteiger partial charge on any atom is 0.126 e. The van der Waals surface area contributed by atoms with Crippen LogP contribution in [0.15, 0.2) is 18.2 Å². The lowest BCUT2D eigenvalue weighted by atomic mass is 9.92. The Bertz CT molecular complexity index is 429. The van der Waals surface area contributed by atoms with Gasteiger partial charge in [-0.1, -0.05) is 23.8 Å². The van der Waals surface area contributed by atoms with Crippen molar-refractivity contribution in [3.05, 3.63) is 34.4 Å². The number of rotatable bonds is 2. The van der Waals surface area contributed by atoms with Gasteiger partial charge in [0.1, 0.15) is 18.0 Å². The van der Waals surface area contributed by atoms with Gasteiger partial charge in [0.25, 0.3) is 0 Å². The van der Waals surface area contributed by atoms with Gasteiger partial charge in [-0.2, -0.15) is 0 Å². The summed E-state index contributed by atoms with van der Waals surface area (Å²) in [5.41, 5.74) is 1.59. The van der Waals surface area contributed by atoms with E-state index >= 15 is 0 Å². The number of fused-ring (bicyclic) bond motifs is 1. The summed E-state index contributed by atoms with van der Waals surface area (Å²) in [4.78, 5) is 0. The van der Waals surface area contributed by atoms with E-state index in [-0.39, 0.29) is 6.10 Å². The highest BCUT2D eigenvalue weighted by molar-refractivity contribution is 6.30. The Balaban J connectivity index is 2.55. The van der Waals surface area contributed by atoms with E-state index in [2.05, 4.69) is 0 Å². The first-order valence-electron chi connectivity index (χ1n) is 4.94. The van der Waals surface area contributed by atoms with Crippen LogP contribution in [0.1, 0.15) is 17.2 Å². The van der Waals surface area contributed by atoms with Crippen LogP contribution in [0, 0.1) is 0 Å². The third-order valence-electron chi connectivity index (χ3n) is 2.70. The van der Waals surface area contributed by atoms with Crippen molar-refractivity contribution in [2.24, 2.45) is 0 Å². The fourth-order valence-electron chi connectivity index (χ4n) is 1.91. The predicted octanol–water partition coefficient (Wildman–Crippen LogP) is 2.42. The fourth-order valence-corrected chi connectivity index (χ4v) is 2.13. The molecule has 0 saturated heterocycles. The van der Waals surface area contributed by atoms with Crippen molar-refractivity contribution < 1.29 is 14.6 Å². The molecule has 0 aliphatic heterocycles. The molecule has 0 bridgehead atoms. The summed E-state index contributed by atoms with van der Waals surface area (Å²) in [5, 5.41) is 10.7. The Morgan fingerprint density at radius 3 is 2.69 bits per heavy atom. The lowest BCUT2D eigenvalue weighted by Gasteiger charge is -2.26. The second-order valence-corrected chi connectivity index (χ2v) is 4.05. The van der Waals surface area contributed by atoms with Crippen LogP contribution >= 0.6 is 11.6 Å². The van der Waals surface area contributed by atoms with Gasteiger partial charge in [0.05, 0.1) is 7.11 Å². The first-order valence-corrected chi connectivity index (χ1v) is 5.31. The highest BCUT2D eigenvalue weighted by Crippen LogP contribution is 2.38. The number of hydrogen-bond acceptors (Lipinski definition) is 3. The minimum absolute atomic E-state index is 0.345. The van der Waals surface area contributed by atoms with Crippen LogP contribution in [0.4, 0.5) is 0 Å². The van der Waals surface area contributed by atoms with Crippen LogP contribution in [0.2, 0.25) is 5.02 Å². The van der Waals surface area contributed by atoms with Crippen LogP contribution in [-0.4, -0.2) is 25.4 Å². The number of benzene rings is 1. The van der Waals surface area contributed by atoms with Gasteiger partial charge in [0, 0.05) is 17.7 Å². The maximum atomic E-state index is 10.1. The van der Waals surface area contributed by atoms with E-state index in [4.69, 9.17) is 21.1 Å². The highest BCUT2D eigenvalue weighted by atomic mass is 35.5. The van der Waals surface area contributed by atoms with Gasteiger partial charge in [-0.3, -0.25) is 0 Å². The van der Waals surface area contributed by atoms with Crippen molar-refractivity contribution >= 4 is 17.7 Å². The molecule has 2 rings (SSSR count). The molecule has 2 atom stereocenters. The third-order valence-corrected chi connectivity index (χ3v) is 2.92. The molecule has 1 aromatic carbocycles. The van der Waals surface area contributed by atoms with Gasteiger partial charge in [-0.05, 0) is 17.7 Å².